The van der Waals surface area contributed by atoms with Gasteiger partial charge in [-0.1, -0.05) is 11.3 Å². The molecular weight excluding hydrogens is 466 g/mol. The van der Waals surface area contributed by atoms with Gasteiger partial charge in [0.15, 0.2) is 11.3 Å². The maximum absolute atomic E-state index is 13.0. The quantitative estimate of drug-likeness (QED) is 0.399. The molecule has 0 saturated carbocycles. The van der Waals surface area contributed by atoms with Gasteiger partial charge in [-0.3, -0.25) is 24.5 Å². The number of hydrogen-bond donors (Lipinski definition) is 2. The van der Waals surface area contributed by atoms with Gasteiger partial charge in [-0.2, -0.15) is 0 Å². The van der Waals surface area contributed by atoms with E-state index in [9.17, 15) is 19.2 Å². The van der Waals surface area contributed by atoms with Gasteiger partial charge in [0, 0.05) is 24.6 Å². The third-order valence-corrected chi connectivity index (χ3v) is 6.30. The van der Waals surface area contributed by atoms with Crippen molar-refractivity contribution in [2.75, 3.05) is 0 Å². The second-order valence-corrected chi connectivity index (χ2v) is 8.58. The first-order valence-corrected chi connectivity index (χ1v) is 11.3. The first kappa shape index (κ1) is 21.6. The van der Waals surface area contributed by atoms with Crippen LogP contribution in [0.25, 0.3) is 16.8 Å². The fourth-order valence-corrected chi connectivity index (χ4v) is 4.43. The lowest BCUT2D eigenvalue weighted by Gasteiger charge is -2.29. The number of carbonyl (C=O) groups is 4. The van der Waals surface area contributed by atoms with Crippen molar-refractivity contribution in [3.05, 3.63) is 71.4 Å². The van der Waals surface area contributed by atoms with Crippen molar-refractivity contribution in [2.24, 2.45) is 0 Å². The summed E-state index contributed by atoms with van der Waals surface area (Å²) in [5.41, 5.74) is 3.91. The minimum atomic E-state index is -0.684. The summed E-state index contributed by atoms with van der Waals surface area (Å²) in [6.07, 6.45) is 3.52. The Kier molecular flexibility index (Phi) is 5.06. The zero-order chi connectivity index (χ0) is 24.8. The monoisotopic (exact) mass is 485 g/mol. The van der Waals surface area contributed by atoms with Crippen molar-refractivity contribution in [1.82, 2.24) is 35.5 Å². The van der Waals surface area contributed by atoms with Gasteiger partial charge in [0.2, 0.25) is 11.8 Å². The Labute approximate surface area is 203 Å². The molecule has 0 spiro atoms. The van der Waals surface area contributed by atoms with E-state index in [4.69, 9.17) is 4.42 Å². The zero-order valence-electron chi connectivity index (χ0n) is 18.8. The summed E-state index contributed by atoms with van der Waals surface area (Å²) in [6.45, 7) is 0.487. The fraction of sp³-hybridized carbons (Fsp3) is 0.208. The van der Waals surface area contributed by atoms with Crippen LogP contribution in [0.4, 0.5) is 0 Å². The second kappa shape index (κ2) is 8.41. The molecule has 12 nitrogen and oxygen atoms in total. The van der Waals surface area contributed by atoms with E-state index in [1.807, 2.05) is 0 Å². The van der Waals surface area contributed by atoms with Crippen LogP contribution in [-0.4, -0.2) is 54.5 Å². The van der Waals surface area contributed by atoms with E-state index in [2.05, 4.69) is 25.9 Å². The molecule has 2 aliphatic heterocycles. The standard InChI is InChI=1S/C24H19N7O5/c32-21-6-4-19(23(34)27-21)30-11-13-1-3-15(9-16(13)24(30)35)31-12-18(28-29-31)22(33)25-10-14-2-5-20-17(26-14)7-8-36-20/h1-3,5,7-9,12,19H,4,6,10-11H2,(H,25,33)(H,27,32,34). The minimum absolute atomic E-state index is 0.108. The highest BCUT2D eigenvalue weighted by Crippen LogP contribution is 2.29. The van der Waals surface area contributed by atoms with Crippen LogP contribution >= 0.6 is 0 Å². The predicted molar refractivity (Wildman–Crippen MR) is 123 cm³/mol. The third-order valence-electron chi connectivity index (χ3n) is 6.30. The number of rotatable bonds is 5. The lowest BCUT2D eigenvalue weighted by Crippen LogP contribution is -2.52. The van der Waals surface area contributed by atoms with Gasteiger partial charge in [-0.15, -0.1) is 5.10 Å². The number of furan rings is 1. The molecule has 6 rings (SSSR count). The van der Waals surface area contributed by atoms with E-state index >= 15 is 0 Å². The molecule has 1 saturated heterocycles. The van der Waals surface area contributed by atoms with E-state index in [1.165, 1.54) is 15.8 Å². The first-order valence-electron chi connectivity index (χ1n) is 11.3. The maximum Gasteiger partial charge on any atom is 0.273 e. The molecule has 0 aliphatic carbocycles. The largest absolute Gasteiger partial charge is 0.463 e. The van der Waals surface area contributed by atoms with E-state index in [-0.39, 0.29) is 37.0 Å². The smallest absolute Gasteiger partial charge is 0.273 e. The van der Waals surface area contributed by atoms with Gasteiger partial charge in [0.1, 0.15) is 11.6 Å². The number of piperidine rings is 1. The molecule has 2 aliphatic rings. The molecule has 1 atom stereocenters. The molecule has 4 aromatic rings. The lowest BCUT2D eigenvalue weighted by atomic mass is 10.0. The summed E-state index contributed by atoms with van der Waals surface area (Å²) in [7, 11) is 0. The van der Waals surface area contributed by atoms with Gasteiger partial charge in [0.05, 0.1) is 30.4 Å². The number of nitrogens with zero attached hydrogens (tertiary/aromatic N) is 5. The van der Waals surface area contributed by atoms with Crippen molar-refractivity contribution in [1.29, 1.82) is 0 Å². The fourth-order valence-electron chi connectivity index (χ4n) is 4.43. The van der Waals surface area contributed by atoms with Gasteiger partial charge >= 0.3 is 0 Å². The summed E-state index contributed by atoms with van der Waals surface area (Å²) in [5, 5.41) is 13.0. The average molecular weight is 485 g/mol. The van der Waals surface area contributed by atoms with Crippen molar-refractivity contribution < 1.29 is 23.6 Å². The number of amides is 4. The SMILES string of the molecule is O=C1CCC(N2Cc3ccc(-n4cc(C(=O)NCc5ccc6occc6n5)nn4)cc3C2=O)C(=O)N1. The number of hydrogen-bond acceptors (Lipinski definition) is 8. The molecule has 4 amide bonds. The number of imide groups is 1. The van der Waals surface area contributed by atoms with Gasteiger partial charge in [-0.05, 0) is 36.2 Å². The Bertz CT molecular complexity index is 1560. The predicted octanol–water partition coefficient (Wildman–Crippen LogP) is 1.10. The highest BCUT2D eigenvalue weighted by molar-refractivity contribution is 6.05. The van der Waals surface area contributed by atoms with Gasteiger partial charge < -0.3 is 14.6 Å². The molecule has 1 aromatic carbocycles. The molecule has 2 N–H and O–H groups in total. The number of carbonyl (C=O) groups excluding carboxylic acids is 4. The van der Waals surface area contributed by atoms with Gasteiger partial charge in [0.25, 0.3) is 11.8 Å². The van der Waals surface area contributed by atoms with Crippen molar-refractivity contribution >= 4 is 34.7 Å². The normalized spacial score (nSPS) is 17.4. The topological polar surface area (TPSA) is 152 Å². The molecule has 0 radical (unpaired) electrons. The van der Waals surface area contributed by atoms with Crippen LogP contribution in [0.3, 0.4) is 0 Å². The summed E-state index contributed by atoms with van der Waals surface area (Å²) in [6, 6.07) is 9.82. The van der Waals surface area contributed by atoms with E-state index < -0.39 is 17.9 Å². The van der Waals surface area contributed by atoms with Crippen LogP contribution in [-0.2, 0) is 22.7 Å². The number of aromatic nitrogens is 4. The number of fused-ring (bicyclic) bond motifs is 2. The Balaban J connectivity index is 1.15. The van der Waals surface area contributed by atoms with Crippen molar-refractivity contribution in [2.45, 2.75) is 32.0 Å². The third kappa shape index (κ3) is 3.78. The first-order chi connectivity index (χ1) is 17.5. The molecule has 180 valence electrons. The summed E-state index contributed by atoms with van der Waals surface area (Å²) >= 11 is 0. The van der Waals surface area contributed by atoms with Crippen molar-refractivity contribution in [3.63, 3.8) is 0 Å². The number of nitrogens with one attached hydrogen (secondary N) is 2. The summed E-state index contributed by atoms with van der Waals surface area (Å²) < 4.78 is 6.68. The van der Waals surface area contributed by atoms with Crippen LogP contribution in [0.1, 0.15) is 44.9 Å². The molecule has 0 bridgehead atoms. The second-order valence-electron chi connectivity index (χ2n) is 8.58. The minimum Gasteiger partial charge on any atom is -0.463 e. The molecular formula is C24H19N7O5. The molecule has 12 heteroatoms. The molecule has 1 unspecified atom stereocenters. The van der Waals surface area contributed by atoms with Crippen LogP contribution in [0.5, 0.6) is 0 Å². The number of benzene rings is 1. The van der Waals surface area contributed by atoms with Gasteiger partial charge in [-0.25, -0.2) is 9.67 Å². The van der Waals surface area contributed by atoms with Crippen molar-refractivity contribution in [3.8, 4) is 5.69 Å². The Morgan fingerprint density at radius 3 is 2.92 bits per heavy atom. The zero-order valence-corrected chi connectivity index (χ0v) is 18.8. The molecule has 1 fully saturated rings. The Morgan fingerprint density at radius 2 is 2.06 bits per heavy atom. The van der Waals surface area contributed by atoms with E-state index in [0.29, 0.717) is 34.5 Å². The number of pyridine rings is 1. The molecule has 3 aromatic heterocycles. The highest BCUT2D eigenvalue weighted by Gasteiger charge is 2.39. The van der Waals surface area contributed by atoms with E-state index in [0.717, 1.165) is 5.56 Å². The molecule has 36 heavy (non-hydrogen) atoms. The Hall–Kier alpha value is -4.87. The average Bonchev–Trinajstić information content (AvgIpc) is 3.61. The summed E-state index contributed by atoms with van der Waals surface area (Å²) in [5.74, 6) is -1.50. The van der Waals surface area contributed by atoms with Crippen LogP contribution in [0, 0.1) is 0 Å². The van der Waals surface area contributed by atoms with Crippen LogP contribution in [0.15, 0.2) is 53.3 Å². The maximum atomic E-state index is 13.0. The lowest BCUT2D eigenvalue weighted by molar-refractivity contribution is -0.136. The highest BCUT2D eigenvalue weighted by atomic mass is 16.3. The van der Waals surface area contributed by atoms with Crippen LogP contribution < -0.4 is 10.6 Å². The van der Waals surface area contributed by atoms with E-state index in [1.54, 1.807) is 42.7 Å². The molecule has 5 heterocycles. The Morgan fingerprint density at radius 1 is 1.17 bits per heavy atom. The summed E-state index contributed by atoms with van der Waals surface area (Å²) in [4.78, 5) is 55.2. The van der Waals surface area contributed by atoms with Crippen LogP contribution in [0.2, 0.25) is 0 Å².